The molecule has 9 heteroatoms. The third-order valence-electron chi connectivity index (χ3n) is 3.67. The van der Waals surface area contributed by atoms with Crippen LogP contribution in [-0.4, -0.2) is 35.7 Å². The molecule has 0 bridgehead atoms. The quantitative estimate of drug-likeness (QED) is 0.589. The van der Waals surface area contributed by atoms with Crippen molar-refractivity contribution in [1.82, 2.24) is 29.8 Å². The Morgan fingerprint density at radius 3 is 2.96 bits per heavy atom. The third kappa shape index (κ3) is 2.42. The zero-order valence-electron chi connectivity index (χ0n) is 12.3. The lowest BCUT2D eigenvalue weighted by Crippen LogP contribution is -2.18. The van der Waals surface area contributed by atoms with Crippen LogP contribution in [0.5, 0.6) is 0 Å². The number of nitrogens with two attached hydrogens (primary N) is 1. The molecule has 8 nitrogen and oxygen atoms in total. The molecule has 0 unspecified atom stereocenters. The maximum atomic E-state index is 11.0. The standard InChI is InChI=1S/C15H12ClN7O/c16-10-1-2-11-12(9-4-18-19-5-9)6-23(13(11)3-10)15-8-22(21-20-15)7-14(17)24/h1-6,8H,7H2,(H2,17,24)(H,18,19). The molecule has 0 spiro atoms. The third-order valence-corrected chi connectivity index (χ3v) is 3.90. The Balaban J connectivity index is 1.90. The van der Waals surface area contributed by atoms with E-state index in [1.807, 2.05) is 35.2 Å². The molecule has 0 fully saturated rings. The maximum Gasteiger partial charge on any atom is 0.239 e. The van der Waals surface area contributed by atoms with Gasteiger partial charge >= 0.3 is 0 Å². The minimum Gasteiger partial charge on any atom is -0.368 e. The van der Waals surface area contributed by atoms with Crippen LogP contribution in [-0.2, 0) is 11.3 Å². The Kier molecular flexibility index (Phi) is 3.31. The second-order valence-corrected chi connectivity index (χ2v) is 5.74. The van der Waals surface area contributed by atoms with Crippen molar-refractivity contribution >= 4 is 28.4 Å². The summed E-state index contributed by atoms with van der Waals surface area (Å²) in [7, 11) is 0. The van der Waals surface area contributed by atoms with E-state index >= 15 is 0 Å². The summed E-state index contributed by atoms with van der Waals surface area (Å²) in [6, 6.07) is 5.64. The van der Waals surface area contributed by atoms with Crippen LogP contribution in [0.25, 0.3) is 27.8 Å². The first-order valence-electron chi connectivity index (χ1n) is 7.10. The molecule has 0 radical (unpaired) electrons. The molecule has 1 aromatic carbocycles. The number of nitrogens with zero attached hydrogens (tertiary/aromatic N) is 5. The highest BCUT2D eigenvalue weighted by Gasteiger charge is 2.15. The zero-order valence-corrected chi connectivity index (χ0v) is 13.1. The number of aromatic amines is 1. The number of benzene rings is 1. The summed E-state index contributed by atoms with van der Waals surface area (Å²) in [5.74, 6) is 0.0872. The van der Waals surface area contributed by atoms with Gasteiger partial charge in [-0.2, -0.15) is 5.10 Å². The first-order chi connectivity index (χ1) is 11.6. The smallest absolute Gasteiger partial charge is 0.239 e. The van der Waals surface area contributed by atoms with Gasteiger partial charge in [0.1, 0.15) is 6.54 Å². The topological polar surface area (TPSA) is 107 Å². The molecule has 120 valence electrons. The lowest BCUT2D eigenvalue weighted by Gasteiger charge is -2.00. The molecule has 3 heterocycles. The van der Waals surface area contributed by atoms with Gasteiger partial charge in [-0.25, -0.2) is 4.68 Å². The Morgan fingerprint density at radius 2 is 2.21 bits per heavy atom. The van der Waals surface area contributed by atoms with Crippen molar-refractivity contribution in [3.05, 3.63) is 48.0 Å². The summed E-state index contributed by atoms with van der Waals surface area (Å²) in [6.45, 7) is -0.0262. The van der Waals surface area contributed by atoms with E-state index in [1.165, 1.54) is 4.68 Å². The largest absolute Gasteiger partial charge is 0.368 e. The van der Waals surface area contributed by atoms with Gasteiger partial charge in [-0.3, -0.25) is 14.5 Å². The fraction of sp³-hybridized carbons (Fsp3) is 0.0667. The van der Waals surface area contributed by atoms with Crippen molar-refractivity contribution in [3.8, 4) is 16.9 Å². The predicted octanol–water partition coefficient (Wildman–Crippen LogP) is 1.75. The highest BCUT2D eigenvalue weighted by atomic mass is 35.5. The summed E-state index contributed by atoms with van der Waals surface area (Å²) in [4.78, 5) is 11.0. The number of nitrogens with one attached hydrogen (secondary N) is 1. The summed E-state index contributed by atoms with van der Waals surface area (Å²) in [5, 5.41) is 16.5. The van der Waals surface area contributed by atoms with Gasteiger partial charge < -0.3 is 5.73 Å². The molecule has 0 aliphatic heterocycles. The maximum absolute atomic E-state index is 11.0. The number of hydrogen-bond acceptors (Lipinski definition) is 4. The first-order valence-corrected chi connectivity index (χ1v) is 7.48. The average Bonchev–Trinajstić information content (AvgIpc) is 3.24. The number of amides is 1. The van der Waals surface area contributed by atoms with Crippen molar-refractivity contribution in [1.29, 1.82) is 0 Å². The molecule has 3 aromatic heterocycles. The molecule has 4 rings (SSSR count). The van der Waals surface area contributed by atoms with Crippen LogP contribution in [0.3, 0.4) is 0 Å². The number of aromatic nitrogens is 6. The SMILES string of the molecule is NC(=O)Cn1cc(-n2cc(-c3cn[nH]c3)c3ccc(Cl)cc32)nn1. The molecular weight excluding hydrogens is 330 g/mol. The van der Waals surface area contributed by atoms with E-state index in [2.05, 4.69) is 20.5 Å². The number of rotatable bonds is 4. The van der Waals surface area contributed by atoms with E-state index < -0.39 is 5.91 Å². The molecule has 0 aliphatic carbocycles. The van der Waals surface area contributed by atoms with Crippen LogP contribution in [0.4, 0.5) is 0 Å². The summed E-state index contributed by atoms with van der Waals surface area (Å²) in [6.07, 6.45) is 7.16. The minimum atomic E-state index is -0.481. The van der Waals surface area contributed by atoms with Crippen molar-refractivity contribution in [2.45, 2.75) is 6.54 Å². The molecule has 4 aromatic rings. The van der Waals surface area contributed by atoms with Crippen molar-refractivity contribution in [3.63, 3.8) is 0 Å². The van der Waals surface area contributed by atoms with Crippen LogP contribution >= 0.6 is 11.6 Å². The lowest BCUT2D eigenvalue weighted by molar-refractivity contribution is -0.118. The van der Waals surface area contributed by atoms with E-state index in [1.54, 1.807) is 12.4 Å². The van der Waals surface area contributed by atoms with Crippen LogP contribution < -0.4 is 5.73 Å². The number of carbonyl (C=O) groups is 1. The highest BCUT2D eigenvalue weighted by molar-refractivity contribution is 6.31. The van der Waals surface area contributed by atoms with Crippen LogP contribution in [0.1, 0.15) is 0 Å². The second kappa shape index (κ2) is 5.50. The molecule has 0 saturated heterocycles. The van der Waals surface area contributed by atoms with Gasteiger partial charge in [0.05, 0.1) is 17.9 Å². The number of halogens is 1. The van der Waals surface area contributed by atoms with E-state index in [-0.39, 0.29) is 6.54 Å². The lowest BCUT2D eigenvalue weighted by atomic mass is 10.1. The molecule has 0 saturated carbocycles. The second-order valence-electron chi connectivity index (χ2n) is 5.30. The fourth-order valence-corrected chi connectivity index (χ4v) is 2.82. The minimum absolute atomic E-state index is 0.0262. The number of primary amides is 1. The van der Waals surface area contributed by atoms with Crippen LogP contribution in [0, 0.1) is 0 Å². The number of H-pyrrole nitrogens is 1. The molecule has 3 N–H and O–H groups in total. The zero-order chi connectivity index (χ0) is 16.7. The first kappa shape index (κ1) is 14.5. The summed E-state index contributed by atoms with van der Waals surface area (Å²) in [5.41, 5.74) is 8.00. The van der Waals surface area contributed by atoms with Gasteiger partial charge in [-0.1, -0.05) is 22.9 Å². The van der Waals surface area contributed by atoms with E-state index in [9.17, 15) is 4.79 Å². The van der Waals surface area contributed by atoms with E-state index in [0.717, 1.165) is 22.0 Å². The van der Waals surface area contributed by atoms with Gasteiger partial charge in [0.25, 0.3) is 0 Å². The summed E-state index contributed by atoms with van der Waals surface area (Å²) >= 11 is 6.15. The Morgan fingerprint density at radius 1 is 1.33 bits per heavy atom. The molecule has 0 aliphatic rings. The monoisotopic (exact) mass is 341 g/mol. The van der Waals surface area contributed by atoms with Crippen molar-refractivity contribution in [2.75, 3.05) is 0 Å². The molecular formula is C15H12ClN7O. The predicted molar refractivity (Wildman–Crippen MR) is 88.6 cm³/mol. The Labute approximate surface area is 140 Å². The van der Waals surface area contributed by atoms with Crippen LogP contribution in [0.15, 0.2) is 43.0 Å². The van der Waals surface area contributed by atoms with Gasteiger partial charge in [-0.15, -0.1) is 5.10 Å². The Hall–Kier alpha value is -3.13. The normalized spacial score (nSPS) is 11.2. The van der Waals surface area contributed by atoms with Gasteiger partial charge in [0.2, 0.25) is 5.91 Å². The fourth-order valence-electron chi connectivity index (χ4n) is 2.65. The number of hydrogen-bond donors (Lipinski definition) is 2. The average molecular weight is 342 g/mol. The molecule has 0 atom stereocenters. The van der Waals surface area contributed by atoms with E-state index in [0.29, 0.717) is 10.8 Å². The highest BCUT2D eigenvalue weighted by Crippen LogP contribution is 2.33. The van der Waals surface area contributed by atoms with Gasteiger partial charge in [0.15, 0.2) is 5.82 Å². The van der Waals surface area contributed by atoms with E-state index in [4.69, 9.17) is 17.3 Å². The van der Waals surface area contributed by atoms with Gasteiger partial charge in [-0.05, 0) is 12.1 Å². The van der Waals surface area contributed by atoms with Gasteiger partial charge in [0, 0.05) is 33.9 Å². The van der Waals surface area contributed by atoms with Crippen molar-refractivity contribution in [2.24, 2.45) is 5.73 Å². The Bertz CT molecular complexity index is 1030. The summed E-state index contributed by atoms with van der Waals surface area (Å²) < 4.78 is 3.26. The molecule has 24 heavy (non-hydrogen) atoms. The van der Waals surface area contributed by atoms with Crippen LogP contribution in [0.2, 0.25) is 5.02 Å². The number of fused-ring (bicyclic) bond motifs is 1. The van der Waals surface area contributed by atoms with Crippen molar-refractivity contribution < 1.29 is 4.79 Å². The molecule has 1 amide bonds. The number of carbonyl (C=O) groups excluding carboxylic acids is 1.